The van der Waals surface area contributed by atoms with Gasteiger partial charge in [0.2, 0.25) is 5.91 Å². The second kappa shape index (κ2) is 8.10. The summed E-state index contributed by atoms with van der Waals surface area (Å²) in [6.07, 6.45) is 0. The molecule has 0 bridgehead atoms. The third-order valence-electron chi connectivity index (χ3n) is 3.57. The minimum absolute atomic E-state index is 0.0787. The summed E-state index contributed by atoms with van der Waals surface area (Å²) >= 11 is 5.21. The number of carbonyl (C=O) groups excluding carboxylic acids is 2. The quantitative estimate of drug-likeness (QED) is 0.712. The first-order valence-corrected chi connectivity index (χ1v) is 8.66. The molecule has 26 heavy (non-hydrogen) atoms. The van der Waals surface area contributed by atoms with Crippen LogP contribution in [0.4, 0.5) is 11.4 Å². The molecule has 0 saturated carbocycles. The highest BCUT2D eigenvalue weighted by molar-refractivity contribution is 7.80. The summed E-state index contributed by atoms with van der Waals surface area (Å²) in [7, 11) is 0. The number of amides is 2. The van der Waals surface area contributed by atoms with Crippen LogP contribution < -0.4 is 16.0 Å². The summed E-state index contributed by atoms with van der Waals surface area (Å²) in [6.45, 7) is 7.46. The second-order valence-electron chi connectivity index (χ2n) is 7.06. The molecule has 0 aliphatic carbocycles. The fourth-order valence-electron chi connectivity index (χ4n) is 2.12. The lowest BCUT2D eigenvalue weighted by Gasteiger charge is -2.18. The van der Waals surface area contributed by atoms with Gasteiger partial charge in [-0.1, -0.05) is 44.5 Å². The summed E-state index contributed by atoms with van der Waals surface area (Å²) < 4.78 is 0. The lowest BCUT2D eigenvalue weighted by atomic mass is 9.95. The van der Waals surface area contributed by atoms with E-state index in [1.165, 1.54) is 0 Å². The lowest BCUT2D eigenvalue weighted by molar-refractivity contribution is -0.123. The van der Waals surface area contributed by atoms with Crippen molar-refractivity contribution in [2.75, 3.05) is 10.6 Å². The predicted molar refractivity (Wildman–Crippen MR) is 109 cm³/mol. The monoisotopic (exact) mass is 369 g/mol. The number of benzene rings is 2. The Morgan fingerprint density at radius 3 is 2.15 bits per heavy atom. The second-order valence-corrected chi connectivity index (χ2v) is 7.47. The lowest BCUT2D eigenvalue weighted by Crippen LogP contribution is -2.34. The molecule has 2 amide bonds. The van der Waals surface area contributed by atoms with Crippen LogP contribution in [0.1, 0.15) is 36.7 Å². The number of thiocarbonyl (C=S) groups is 1. The summed E-state index contributed by atoms with van der Waals surface area (Å²) in [4.78, 5) is 24.3. The van der Waals surface area contributed by atoms with E-state index >= 15 is 0 Å². The minimum atomic E-state index is -0.486. The van der Waals surface area contributed by atoms with Crippen molar-refractivity contribution in [1.29, 1.82) is 0 Å². The van der Waals surface area contributed by atoms with Crippen LogP contribution in [0.3, 0.4) is 0 Å². The molecule has 0 radical (unpaired) electrons. The third-order valence-corrected chi connectivity index (χ3v) is 3.77. The highest BCUT2D eigenvalue weighted by atomic mass is 32.1. The molecule has 0 saturated heterocycles. The normalized spacial score (nSPS) is 10.8. The van der Waals surface area contributed by atoms with Gasteiger partial charge in [0.25, 0.3) is 5.91 Å². The smallest absolute Gasteiger partial charge is 0.257 e. The first-order chi connectivity index (χ1) is 12.1. The molecular weight excluding hydrogens is 346 g/mol. The van der Waals surface area contributed by atoms with Gasteiger partial charge >= 0.3 is 0 Å². The van der Waals surface area contributed by atoms with Crippen molar-refractivity contribution < 1.29 is 9.59 Å². The Balaban J connectivity index is 2.00. The van der Waals surface area contributed by atoms with Gasteiger partial charge < -0.3 is 10.6 Å². The van der Waals surface area contributed by atoms with Crippen LogP contribution in [0.15, 0.2) is 48.5 Å². The first-order valence-electron chi connectivity index (χ1n) is 8.26. The van der Waals surface area contributed by atoms with Gasteiger partial charge in [0.05, 0.1) is 0 Å². The van der Waals surface area contributed by atoms with E-state index in [4.69, 9.17) is 12.2 Å². The molecule has 0 aliphatic heterocycles. The molecule has 6 heteroatoms. The van der Waals surface area contributed by atoms with Crippen LogP contribution in [0, 0.1) is 12.3 Å². The molecule has 5 nitrogen and oxygen atoms in total. The number of anilines is 2. The van der Waals surface area contributed by atoms with Gasteiger partial charge in [-0.25, -0.2) is 0 Å². The molecule has 0 atom stereocenters. The molecule has 0 aliphatic rings. The summed E-state index contributed by atoms with van der Waals surface area (Å²) in [5.41, 5.74) is 2.38. The van der Waals surface area contributed by atoms with Crippen molar-refractivity contribution in [3.8, 4) is 0 Å². The number of hydrogen-bond donors (Lipinski definition) is 3. The molecular formula is C20H23N3O2S. The summed E-state index contributed by atoms with van der Waals surface area (Å²) in [6, 6.07) is 14.4. The molecule has 3 N–H and O–H groups in total. The van der Waals surface area contributed by atoms with Gasteiger partial charge in [-0.05, 0) is 49.5 Å². The average molecular weight is 369 g/mol. The molecule has 0 heterocycles. The highest BCUT2D eigenvalue weighted by Gasteiger charge is 2.21. The fraction of sp³-hybridized carbons (Fsp3) is 0.250. The maximum Gasteiger partial charge on any atom is 0.257 e. The minimum Gasteiger partial charge on any atom is -0.332 e. The first kappa shape index (κ1) is 19.6. The van der Waals surface area contributed by atoms with Crippen molar-refractivity contribution in [3.05, 3.63) is 59.7 Å². The Labute approximate surface area is 159 Å². The number of rotatable bonds is 3. The predicted octanol–water partition coefficient (Wildman–Crippen LogP) is 4.11. The van der Waals surface area contributed by atoms with E-state index in [0.29, 0.717) is 16.9 Å². The largest absolute Gasteiger partial charge is 0.332 e. The maximum atomic E-state index is 12.2. The summed E-state index contributed by atoms with van der Waals surface area (Å²) in [5.74, 6) is -0.353. The molecule has 2 aromatic rings. The fourth-order valence-corrected chi connectivity index (χ4v) is 2.33. The Morgan fingerprint density at radius 1 is 0.923 bits per heavy atom. The zero-order chi connectivity index (χ0) is 19.3. The van der Waals surface area contributed by atoms with E-state index in [1.54, 1.807) is 36.4 Å². The zero-order valence-corrected chi connectivity index (χ0v) is 16.2. The van der Waals surface area contributed by atoms with E-state index in [-0.39, 0.29) is 16.9 Å². The molecule has 2 rings (SSSR count). The van der Waals surface area contributed by atoms with Crippen LogP contribution in [0.5, 0.6) is 0 Å². The van der Waals surface area contributed by atoms with Crippen LogP contribution >= 0.6 is 12.2 Å². The number of nitrogens with one attached hydrogen (secondary N) is 3. The van der Waals surface area contributed by atoms with Gasteiger partial charge in [0, 0.05) is 22.4 Å². The van der Waals surface area contributed by atoms with E-state index in [1.807, 2.05) is 39.8 Å². The third kappa shape index (κ3) is 5.67. The number of carbonyl (C=O) groups is 2. The molecule has 0 spiro atoms. The zero-order valence-electron chi connectivity index (χ0n) is 15.3. The van der Waals surface area contributed by atoms with Gasteiger partial charge in [-0.15, -0.1) is 0 Å². The van der Waals surface area contributed by atoms with Gasteiger partial charge in [0.1, 0.15) is 0 Å². The Morgan fingerprint density at radius 2 is 1.54 bits per heavy atom. The van der Waals surface area contributed by atoms with Crippen molar-refractivity contribution in [1.82, 2.24) is 5.32 Å². The highest BCUT2D eigenvalue weighted by Crippen LogP contribution is 2.20. The van der Waals surface area contributed by atoms with Crippen molar-refractivity contribution in [2.24, 2.45) is 5.41 Å². The van der Waals surface area contributed by atoms with Gasteiger partial charge in [-0.3, -0.25) is 14.9 Å². The molecule has 0 unspecified atom stereocenters. The standard InChI is InChI=1S/C20H23N3O2S/c1-13-7-5-8-14(11-13)17(24)23-19(26)22-16-10-6-9-15(12-16)21-18(25)20(2,3)4/h5-12H,1-4H3,(H,21,25)(H2,22,23,24,26). The average Bonchev–Trinajstić information content (AvgIpc) is 2.54. The van der Waals surface area contributed by atoms with Gasteiger partial charge in [0.15, 0.2) is 5.11 Å². The molecule has 0 aromatic heterocycles. The molecule has 0 fully saturated rings. The van der Waals surface area contributed by atoms with E-state index in [2.05, 4.69) is 16.0 Å². The topological polar surface area (TPSA) is 70.2 Å². The molecule has 136 valence electrons. The van der Waals surface area contributed by atoms with E-state index in [9.17, 15) is 9.59 Å². The number of aryl methyl sites for hydroxylation is 1. The van der Waals surface area contributed by atoms with E-state index < -0.39 is 5.41 Å². The van der Waals surface area contributed by atoms with Crippen LogP contribution in [-0.2, 0) is 4.79 Å². The Hall–Kier alpha value is -2.73. The molecule has 2 aromatic carbocycles. The Bertz CT molecular complexity index is 841. The number of hydrogen-bond acceptors (Lipinski definition) is 3. The SMILES string of the molecule is Cc1cccc(C(=O)NC(=S)Nc2cccc(NC(=O)C(C)(C)C)c2)c1. The van der Waals surface area contributed by atoms with E-state index in [0.717, 1.165) is 5.56 Å². The van der Waals surface area contributed by atoms with Crippen molar-refractivity contribution >= 4 is 40.5 Å². The van der Waals surface area contributed by atoms with Crippen LogP contribution in [-0.4, -0.2) is 16.9 Å². The van der Waals surface area contributed by atoms with Crippen molar-refractivity contribution in [2.45, 2.75) is 27.7 Å². The van der Waals surface area contributed by atoms with Crippen molar-refractivity contribution in [3.63, 3.8) is 0 Å². The Kier molecular flexibility index (Phi) is 6.10. The summed E-state index contributed by atoms with van der Waals surface area (Å²) in [5, 5.41) is 8.66. The van der Waals surface area contributed by atoms with Gasteiger partial charge in [-0.2, -0.15) is 0 Å². The van der Waals surface area contributed by atoms with Crippen LogP contribution in [0.25, 0.3) is 0 Å². The maximum absolute atomic E-state index is 12.2. The van der Waals surface area contributed by atoms with Crippen LogP contribution in [0.2, 0.25) is 0 Å².